The number of hydrogen-bond acceptors (Lipinski definition) is 8. The number of aliphatic hydroxyl groups excluding tert-OH is 4. The average Bonchev–Trinajstić information content (AvgIpc) is 2.76. The van der Waals surface area contributed by atoms with Crippen LogP contribution in [0.4, 0.5) is 27.1 Å². The molecule has 0 aromatic heterocycles. The average molecular weight is 406 g/mol. The van der Waals surface area contributed by atoms with E-state index in [-0.39, 0.29) is 6.54 Å². The zero-order chi connectivity index (χ0) is 21.4. The number of nitrogens with zero attached hydrogens (tertiary/aromatic N) is 3. The Labute approximate surface area is 169 Å². The van der Waals surface area contributed by atoms with Gasteiger partial charge in [0.05, 0.1) is 24.5 Å². The van der Waals surface area contributed by atoms with Gasteiger partial charge in [0.15, 0.2) is 0 Å². The fourth-order valence-corrected chi connectivity index (χ4v) is 2.61. The number of hydrogen-bond donors (Lipinski definition) is 5. The van der Waals surface area contributed by atoms with Crippen molar-refractivity contribution in [3.8, 4) is 0 Å². The number of rotatable bonds is 10. The Morgan fingerprint density at radius 3 is 1.93 bits per heavy atom. The van der Waals surface area contributed by atoms with Crippen molar-refractivity contribution in [2.75, 3.05) is 37.5 Å². The van der Waals surface area contributed by atoms with Gasteiger partial charge >= 0.3 is 0 Å². The Morgan fingerprint density at radius 1 is 0.931 bits per heavy atom. The minimum Gasteiger partial charge on any atom is -0.394 e. The molecule has 0 aliphatic rings. The Bertz CT molecular complexity index is 773. The normalized spacial score (nSPS) is 15.7. The van der Waals surface area contributed by atoms with Crippen LogP contribution in [0.1, 0.15) is 0 Å². The maximum atomic E-state index is 14.2. The third-order valence-corrected chi connectivity index (χ3v) is 4.48. The van der Waals surface area contributed by atoms with Crippen LogP contribution >= 0.6 is 0 Å². The first-order valence-electron chi connectivity index (χ1n) is 9.15. The summed E-state index contributed by atoms with van der Waals surface area (Å²) in [5, 5.41) is 48.9. The zero-order valence-electron chi connectivity index (χ0n) is 16.4. The van der Waals surface area contributed by atoms with Crippen LogP contribution in [0.25, 0.3) is 0 Å². The molecule has 2 aromatic rings. The maximum Gasteiger partial charge on any atom is 0.146 e. The van der Waals surface area contributed by atoms with Crippen molar-refractivity contribution < 1.29 is 24.8 Å². The number of azo groups is 1. The Kier molecular flexibility index (Phi) is 8.47. The van der Waals surface area contributed by atoms with E-state index in [0.717, 1.165) is 5.69 Å². The fourth-order valence-electron chi connectivity index (χ4n) is 2.61. The van der Waals surface area contributed by atoms with Gasteiger partial charge in [0.1, 0.15) is 24.5 Å². The predicted molar refractivity (Wildman–Crippen MR) is 110 cm³/mol. The van der Waals surface area contributed by atoms with E-state index in [1.54, 1.807) is 36.2 Å². The largest absolute Gasteiger partial charge is 0.394 e. The molecule has 158 valence electrons. The molecular weight excluding hydrogens is 379 g/mol. The van der Waals surface area contributed by atoms with Gasteiger partial charge < -0.3 is 30.6 Å². The molecule has 0 aliphatic heterocycles. The molecule has 0 fully saturated rings. The van der Waals surface area contributed by atoms with Crippen molar-refractivity contribution in [3.05, 3.63) is 48.5 Å². The summed E-state index contributed by atoms with van der Waals surface area (Å²) in [5.41, 5.74) is 2.99. The number of nitrogens with one attached hydrogen (secondary N) is 1. The first-order chi connectivity index (χ1) is 13.8. The van der Waals surface area contributed by atoms with Crippen molar-refractivity contribution in [2.45, 2.75) is 24.5 Å². The first-order valence-corrected chi connectivity index (χ1v) is 9.15. The highest BCUT2D eigenvalue weighted by atomic mass is 19.1. The van der Waals surface area contributed by atoms with Crippen LogP contribution in [-0.4, -0.2) is 72.2 Å². The number of benzene rings is 2. The van der Waals surface area contributed by atoms with Crippen LogP contribution in [0.15, 0.2) is 58.8 Å². The lowest BCUT2D eigenvalue weighted by Crippen LogP contribution is -2.47. The van der Waals surface area contributed by atoms with Crippen LogP contribution in [0.3, 0.4) is 0 Å². The van der Waals surface area contributed by atoms with Gasteiger partial charge in [-0.1, -0.05) is 0 Å². The van der Waals surface area contributed by atoms with Crippen LogP contribution < -0.4 is 10.2 Å². The second-order valence-electron chi connectivity index (χ2n) is 6.64. The summed E-state index contributed by atoms with van der Waals surface area (Å²) in [4.78, 5) is 1.56. The van der Waals surface area contributed by atoms with Crippen molar-refractivity contribution in [1.82, 2.24) is 0 Å². The van der Waals surface area contributed by atoms with Gasteiger partial charge in [-0.2, -0.15) is 10.2 Å². The topological polar surface area (TPSA) is 121 Å². The van der Waals surface area contributed by atoms with E-state index in [2.05, 4.69) is 15.5 Å². The van der Waals surface area contributed by atoms with E-state index in [0.29, 0.717) is 17.1 Å². The van der Waals surface area contributed by atoms with Crippen LogP contribution in [0.2, 0.25) is 0 Å². The first kappa shape index (κ1) is 22.7. The molecular formula is C20H27FN4O4. The van der Waals surface area contributed by atoms with Gasteiger partial charge in [0.25, 0.3) is 0 Å². The molecule has 3 unspecified atom stereocenters. The van der Waals surface area contributed by atoms with Gasteiger partial charge in [-0.25, -0.2) is 4.39 Å². The summed E-state index contributed by atoms with van der Waals surface area (Å²) in [5.74, 6) is 0. The molecule has 9 heteroatoms. The Balaban J connectivity index is 1.95. The Morgan fingerprint density at radius 2 is 1.45 bits per heavy atom. The lowest BCUT2D eigenvalue weighted by Gasteiger charge is -2.28. The zero-order valence-corrected chi connectivity index (χ0v) is 16.4. The van der Waals surface area contributed by atoms with E-state index in [9.17, 15) is 19.7 Å². The molecule has 0 heterocycles. The molecule has 8 nitrogen and oxygen atoms in total. The lowest BCUT2D eigenvalue weighted by atomic mass is 10.0. The number of aliphatic hydroxyl groups is 4. The molecule has 4 atom stereocenters. The molecule has 0 saturated heterocycles. The van der Waals surface area contributed by atoms with Gasteiger partial charge in [-0.15, -0.1) is 0 Å². The van der Waals surface area contributed by atoms with Crippen molar-refractivity contribution in [3.63, 3.8) is 0 Å². The smallest absolute Gasteiger partial charge is 0.146 e. The van der Waals surface area contributed by atoms with Gasteiger partial charge in [-0.05, 0) is 48.5 Å². The number of halogens is 1. The minimum atomic E-state index is -1.82. The molecule has 0 bridgehead atoms. The standard InChI is InChI=1S/C20H27FN4O4/c1-22-13-3-5-14(6-4-13)23-24-15-7-9-16(10-8-15)25(2)11-17(21)19(28)20(29)18(27)12-26/h3-10,17-20,22,26-29H,11-12H2,1-2H3/t17-,18?,19?,20?/m1/s1. The molecule has 0 radical (unpaired) electrons. The molecule has 29 heavy (non-hydrogen) atoms. The maximum absolute atomic E-state index is 14.2. The van der Waals surface area contributed by atoms with E-state index in [4.69, 9.17) is 5.11 Å². The summed E-state index contributed by atoms with van der Waals surface area (Å²) in [7, 11) is 3.47. The molecule has 0 aliphatic carbocycles. The second kappa shape index (κ2) is 10.8. The summed E-state index contributed by atoms with van der Waals surface area (Å²) >= 11 is 0. The highest BCUT2D eigenvalue weighted by Crippen LogP contribution is 2.23. The minimum absolute atomic E-state index is 0.213. The van der Waals surface area contributed by atoms with E-state index < -0.39 is 31.1 Å². The van der Waals surface area contributed by atoms with Crippen molar-refractivity contribution >= 4 is 22.7 Å². The van der Waals surface area contributed by atoms with Gasteiger partial charge in [-0.3, -0.25) is 0 Å². The SMILES string of the molecule is CNc1ccc(N=Nc2ccc(N(C)C[C@@H](F)C(O)C(O)C(O)CO)cc2)cc1. The van der Waals surface area contributed by atoms with Crippen LogP contribution in [0.5, 0.6) is 0 Å². The molecule has 2 rings (SSSR count). The Hall–Kier alpha value is -2.59. The summed E-state index contributed by atoms with van der Waals surface area (Å²) in [6, 6.07) is 14.4. The fraction of sp³-hybridized carbons (Fsp3) is 0.400. The van der Waals surface area contributed by atoms with E-state index in [1.807, 2.05) is 31.3 Å². The van der Waals surface area contributed by atoms with Gasteiger partial charge in [0.2, 0.25) is 0 Å². The third-order valence-electron chi connectivity index (χ3n) is 4.48. The predicted octanol–water partition coefficient (Wildman–Crippen LogP) is 1.99. The molecule has 5 N–H and O–H groups in total. The summed E-state index contributed by atoms with van der Waals surface area (Å²) < 4.78 is 14.2. The van der Waals surface area contributed by atoms with E-state index >= 15 is 0 Å². The van der Waals surface area contributed by atoms with Crippen LogP contribution in [-0.2, 0) is 0 Å². The van der Waals surface area contributed by atoms with Crippen molar-refractivity contribution in [2.24, 2.45) is 10.2 Å². The highest BCUT2D eigenvalue weighted by Gasteiger charge is 2.31. The molecule has 0 amide bonds. The summed E-state index contributed by atoms with van der Waals surface area (Å²) in [6.45, 7) is -0.981. The number of alkyl halides is 1. The quantitative estimate of drug-likeness (QED) is 0.385. The molecule has 0 saturated carbocycles. The number of anilines is 2. The molecule has 0 spiro atoms. The van der Waals surface area contributed by atoms with Gasteiger partial charge in [0, 0.05) is 25.5 Å². The molecule has 2 aromatic carbocycles. The monoisotopic (exact) mass is 406 g/mol. The summed E-state index contributed by atoms with van der Waals surface area (Å²) in [6.07, 6.45) is -7.01. The third kappa shape index (κ3) is 6.47. The second-order valence-corrected chi connectivity index (χ2v) is 6.64. The van der Waals surface area contributed by atoms with Crippen molar-refractivity contribution in [1.29, 1.82) is 0 Å². The van der Waals surface area contributed by atoms with E-state index in [1.165, 1.54) is 0 Å². The van der Waals surface area contributed by atoms with Crippen LogP contribution in [0, 0.1) is 0 Å². The lowest BCUT2D eigenvalue weighted by molar-refractivity contribution is -0.0976. The highest BCUT2D eigenvalue weighted by molar-refractivity contribution is 5.53.